The zero-order chi connectivity index (χ0) is 12.8. The molecule has 0 saturated carbocycles. The Hall–Kier alpha value is -1.58. The molecule has 4 nitrogen and oxygen atoms in total. The van der Waals surface area contributed by atoms with Gasteiger partial charge in [-0.05, 0) is 32.4 Å². The smallest absolute Gasteiger partial charge is 0.272 e. The predicted octanol–water partition coefficient (Wildman–Crippen LogP) is 2.38. The normalized spacial score (nSPS) is 12.0. The van der Waals surface area contributed by atoms with E-state index in [1.807, 2.05) is 33.0 Å². The molecule has 1 aromatic rings. The second-order valence-corrected chi connectivity index (χ2v) is 4.11. The Balaban J connectivity index is 2.84. The average molecular weight is 235 g/mol. The minimum atomic E-state index is -0.0286. The quantitative estimate of drug-likeness (QED) is 0.852. The predicted molar refractivity (Wildman–Crippen MR) is 70.2 cm³/mol. The molecule has 1 aromatic heterocycles. The summed E-state index contributed by atoms with van der Waals surface area (Å²) in [6, 6.07) is 5.70. The molecule has 0 bridgehead atoms. The van der Waals surface area contributed by atoms with Crippen LogP contribution >= 0.6 is 0 Å². The molecule has 1 heterocycles. The molecule has 17 heavy (non-hydrogen) atoms. The monoisotopic (exact) mass is 235 g/mol. The number of nitrogens with one attached hydrogen (secondary N) is 1. The third kappa shape index (κ3) is 3.44. The number of rotatable bonds is 5. The van der Waals surface area contributed by atoms with Crippen molar-refractivity contribution < 1.29 is 4.79 Å². The lowest BCUT2D eigenvalue weighted by Gasteiger charge is -2.23. The third-order valence-corrected chi connectivity index (χ3v) is 2.90. The van der Waals surface area contributed by atoms with Gasteiger partial charge in [0.25, 0.3) is 5.91 Å². The second kappa shape index (κ2) is 6.23. The summed E-state index contributed by atoms with van der Waals surface area (Å²) in [7, 11) is 1.82. The Morgan fingerprint density at radius 1 is 1.47 bits per heavy atom. The van der Waals surface area contributed by atoms with Gasteiger partial charge in [0, 0.05) is 19.6 Å². The lowest BCUT2D eigenvalue weighted by molar-refractivity contribution is 0.0735. The zero-order valence-corrected chi connectivity index (χ0v) is 11.0. The van der Waals surface area contributed by atoms with Crippen LogP contribution in [0.15, 0.2) is 18.2 Å². The summed E-state index contributed by atoms with van der Waals surface area (Å²) < 4.78 is 0. The van der Waals surface area contributed by atoms with Gasteiger partial charge in [-0.15, -0.1) is 0 Å². The van der Waals surface area contributed by atoms with Crippen LogP contribution in [0.25, 0.3) is 0 Å². The molecule has 1 amide bonds. The van der Waals surface area contributed by atoms with Crippen molar-refractivity contribution in [2.45, 2.75) is 33.2 Å². The minimum Gasteiger partial charge on any atom is -0.370 e. The summed E-state index contributed by atoms with van der Waals surface area (Å²) >= 11 is 0. The van der Waals surface area contributed by atoms with Crippen molar-refractivity contribution in [1.29, 1.82) is 0 Å². The molecule has 4 heteroatoms. The van der Waals surface area contributed by atoms with Gasteiger partial charge in [-0.2, -0.15) is 0 Å². The van der Waals surface area contributed by atoms with Gasteiger partial charge in [0.05, 0.1) is 0 Å². The topological polar surface area (TPSA) is 45.2 Å². The fourth-order valence-corrected chi connectivity index (χ4v) is 1.49. The summed E-state index contributed by atoms with van der Waals surface area (Å²) in [5.41, 5.74) is 0.492. The van der Waals surface area contributed by atoms with Gasteiger partial charge in [-0.1, -0.05) is 13.0 Å². The van der Waals surface area contributed by atoms with E-state index in [-0.39, 0.29) is 11.9 Å². The van der Waals surface area contributed by atoms with Crippen LogP contribution in [0.4, 0.5) is 5.82 Å². The maximum absolute atomic E-state index is 12.1. The fraction of sp³-hybridized carbons (Fsp3) is 0.538. The van der Waals surface area contributed by atoms with E-state index in [0.717, 1.165) is 18.8 Å². The average Bonchev–Trinajstić information content (AvgIpc) is 2.36. The highest BCUT2D eigenvalue weighted by molar-refractivity contribution is 5.92. The molecule has 1 rings (SSSR count). The van der Waals surface area contributed by atoms with Gasteiger partial charge in [-0.3, -0.25) is 4.79 Å². The molecule has 0 spiro atoms. The van der Waals surface area contributed by atoms with Crippen LogP contribution in [-0.4, -0.2) is 35.4 Å². The number of amides is 1. The van der Waals surface area contributed by atoms with Gasteiger partial charge in [0.15, 0.2) is 0 Å². The van der Waals surface area contributed by atoms with Gasteiger partial charge in [0.1, 0.15) is 11.5 Å². The number of hydrogen-bond acceptors (Lipinski definition) is 3. The number of nitrogens with zero attached hydrogens (tertiary/aromatic N) is 2. The van der Waals surface area contributed by atoms with E-state index in [1.165, 1.54) is 0 Å². The molecule has 0 fully saturated rings. The minimum absolute atomic E-state index is 0.0286. The summed E-state index contributed by atoms with van der Waals surface area (Å²) in [5.74, 6) is 0.718. The van der Waals surface area contributed by atoms with Crippen LogP contribution in [-0.2, 0) is 0 Å². The maximum Gasteiger partial charge on any atom is 0.272 e. The SMILES string of the molecule is CCNc1cccc(C(=O)N(C)C(C)CC)n1. The van der Waals surface area contributed by atoms with Crippen LogP contribution < -0.4 is 5.32 Å². The molecule has 94 valence electrons. The molecule has 0 aliphatic rings. The molecule has 1 unspecified atom stereocenters. The van der Waals surface area contributed by atoms with Crippen molar-refractivity contribution in [3.8, 4) is 0 Å². The Labute approximate surface area is 103 Å². The molecule has 0 aliphatic heterocycles. The summed E-state index contributed by atoms with van der Waals surface area (Å²) in [4.78, 5) is 18.2. The number of hydrogen-bond donors (Lipinski definition) is 1. The van der Waals surface area contributed by atoms with Crippen molar-refractivity contribution >= 4 is 11.7 Å². The molecule has 1 N–H and O–H groups in total. The first-order valence-electron chi connectivity index (χ1n) is 6.08. The van der Waals surface area contributed by atoms with Crippen LogP contribution in [0.5, 0.6) is 0 Å². The molecular weight excluding hydrogens is 214 g/mol. The van der Waals surface area contributed by atoms with E-state index < -0.39 is 0 Å². The van der Waals surface area contributed by atoms with Gasteiger partial charge < -0.3 is 10.2 Å². The Kier molecular flexibility index (Phi) is 4.94. The molecule has 0 radical (unpaired) electrons. The van der Waals surface area contributed by atoms with Crippen molar-refractivity contribution in [3.05, 3.63) is 23.9 Å². The van der Waals surface area contributed by atoms with Gasteiger partial charge in [-0.25, -0.2) is 4.98 Å². The highest BCUT2D eigenvalue weighted by Crippen LogP contribution is 2.09. The highest BCUT2D eigenvalue weighted by atomic mass is 16.2. The molecule has 0 aliphatic carbocycles. The lowest BCUT2D eigenvalue weighted by Crippen LogP contribution is -2.35. The molecule has 0 saturated heterocycles. The Morgan fingerprint density at radius 3 is 2.76 bits per heavy atom. The Morgan fingerprint density at radius 2 is 2.18 bits per heavy atom. The number of aromatic nitrogens is 1. The van der Waals surface area contributed by atoms with Crippen molar-refractivity contribution in [3.63, 3.8) is 0 Å². The van der Waals surface area contributed by atoms with Gasteiger partial charge >= 0.3 is 0 Å². The zero-order valence-electron chi connectivity index (χ0n) is 11.0. The van der Waals surface area contributed by atoms with E-state index in [0.29, 0.717) is 5.69 Å². The number of carbonyl (C=O) groups excluding carboxylic acids is 1. The second-order valence-electron chi connectivity index (χ2n) is 4.11. The van der Waals surface area contributed by atoms with E-state index in [2.05, 4.69) is 17.2 Å². The first-order chi connectivity index (χ1) is 8.10. The van der Waals surface area contributed by atoms with E-state index in [4.69, 9.17) is 0 Å². The summed E-state index contributed by atoms with van der Waals surface area (Å²) in [6.07, 6.45) is 0.940. The van der Waals surface area contributed by atoms with E-state index in [1.54, 1.807) is 11.0 Å². The van der Waals surface area contributed by atoms with Crippen LogP contribution in [0, 0.1) is 0 Å². The molecular formula is C13H21N3O. The lowest BCUT2D eigenvalue weighted by atomic mass is 10.2. The van der Waals surface area contributed by atoms with Gasteiger partial charge in [0.2, 0.25) is 0 Å². The van der Waals surface area contributed by atoms with E-state index >= 15 is 0 Å². The first kappa shape index (κ1) is 13.5. The maximum atomic E-state index is 12.1. The van der Waals surface area contributed by atoms with Crippen LogP contribution in [0.2, 0.25) is 0 Å². The van der Waals surface area contributed by atoms with Crippen molar-refractivity contribution in [2.75, 3.05) is 18.9 Å². The van der Waals surface area contributed by atoms with Crippen LogP contribution in [0.3, 0.4) is 0 Å². The third-order valence-electron chi connectivity index (χ3n) is 2.90. The van der Waals surface area contributed by atoms with Crippen LogP contribution in [0.1, 0.15) is 37.7 Å². The van der Waals surface area contributed by atoms with Crippen molar-refractivity contribution in [2.24, 2.45) is 0 Å². The number of pyridine rings is 1. The number of anilines is 1. The summed E-state index contributed by atoms with van der Waals surface area (Å²) in [6.45, 7) is 6.90. The number of carbonyl (C=O) groups is 1. The largest absolute Gasteiger partial charge is 0.370 e. The van der Waals surface area contributed by atoms with Crippen molar-refractivity contribution in [1.82, 2.24) is 9.88 Å². The highest BCUT2D eigenvalue weighted by Gasteiger charge is 2.17. The standard InChI is InChI=1S/C13H21N3O/c1-5-10(3)16(4)13(17)11-8-7-9-12(15-11)14-6-2/h7-10H,5-6H2,1-4H3,(H,14,15). The summed E-state index contributed by atoms with van der Waals surface area (Å²) in [5, 5.41) is 3.10. The first-order valence-corrected chi connectivity index (χ1v) is 6.08. The fourth-order valence-electron chi connectivity index (χ4n) is 1.49. The molecule has 0 aromatic carbocycles. The molecule has 1 atom stereocenters. The van der Waals surface area contributed by atoms with E-state index in [9.17, 15) is 4.79 Å². The Bertz CT molecular complexity index is 379.